The highest BCUT2D eigenvalue weighted by Gasteiger charge is 2.62. The predicted molar refractivity (Wildman–Crippen MR) is 127 cm³/mol. The molecule has 0 amide bonds. The van der Waals surface area contributed by atoms with Crippen LogP contribution in [0, 0.1) is 58.2 Å². The molecule has 0 spiro atoms. The molecule has 4 fully saturated rings. The van der Waals surface area contributed by atoms with Crippen molar-refractivity contribution in [3.63, 3.8) is 0 Å². The molecule has 0 bridgehead atoms. The van der Waals surface area contributed by atoms with Gasteiger partial charge in [0.1, 0.15) is 5.78 Å². The van der Waals surface area contributed by atoms with Crippen LogP contribution in [0.1, 0.15) is 119 Å². The first-order chi connectivity index (χ1) is 14.2. The standard InChI is InChI=1S/C29H50O/c1-7-21(19(2)3)12-11-20(4)25-18-26(30)27-23-14-13-22-10-8-9-16-28(22,5)24(23)15-17-29(25,27)6/h19-25,27H,7-18H2,1-6H3/t20-,21-,22?,23-,24+,25-,27+,28+,29-/m1/s1. The number of Topliss-reactive ketones (excluding diaryl/α,β-unsaturated/α-hetero) is 1. The lowest BCUT2D eigenvalue weighted by atomic mass is 9.44. The Labute approximate surface area is 187 Å². The average Bonchev–Trinajstić information content (AvgIpc) is 2.98. The monoisotopic (exact) mass is 414 g/mol. The molecule has 0 aliphatic heterocycles. The van der Waals surface area contributed by atoms with E-state index in [2.05, 4.69) is 41.5 Å². The van der Waals surface area contributed by atoms with E-state index in [1.54, 1.807) is 0 Å². The molecule has 1 unspecified atom stereocenters. The minimum Gasteiger partial charge on any atom is -0.299 e. The van der Waals surface area contributed by atoms with Crippen molar-refractivity contribution in [3.8, 4) is 0 Å². The quantitative estimate of drug-likeness (QED) is 0.427. The van der Waals surface area contributed by atoms with Crippen molar-refractivity contribution < 1.29 is 4.79 Å². The molecule has 9 atom stereocenters. The van der Waals surface area contributed by atoms with Crippen LogP contribution in [0.3, 0.4) is 0 Å². The number of carbonyl (C=O) groups is 1. The summed E-state index contributed by atoms with van der Waals surface area (Å²) in [5.74, 6) is 6.51. The first-order valence-electron chi connectivity index (χ1n) is 13.7. The fourth-order valence-corrected chi connectivity index (χ4v) is 9.67. The van der Waals surface area contributed by atoms with E-state index in [9.17, 15) is 4.79 Å². The van der Waals surface area contributed by atoms with Crippen molar-refractivity contribution in [1.82, 2.24) is 0 Å². The molecule has 4 rings (SSSR count). The molecular formula is C29H50O. The third-order valence-electron chi connectivity index (χ3n) is 11.6. The molecule has 172 valence electrons. The fourth-order valence-electron chi connectivity index (χ4n) is 9.67. The van der Waals surface area contributed by atoms with Crippen molar-refractivity contribution >= 4 is 5.78 Å². The summed E-state index contributed by atoms with van der Waals surface area (Å²) in [5, 5.41) is 0. The van der Waals surface area contributed by atoms with Gasteiger partial charge < -0.3 is 0 Å². The number of rotatable bonds is 6. The zero-order valence-electron chi connectivity index (χ0n) is 21.0. The van der Waals surface area contributed by atoms with Crippen molar-refractivity contribution in [3.05, 3.63) is 0 Å². The van der Waals surface area contributed by atoms with Gasteiger partial charge in [-0.2, -0.15) is 0 Å². The van der Waals surface area contributed by atoms with Crippen LogP contribution in [0.4, 0.5) is 0 Å². The Morgan fingerprint density at radius 3 is 2.40 bits per heavy atom. The Hall–Kier alpha value is -0.330. The number of hydrogen-bond acceptors (Lipinski definition) is 1. The highest BCUT2D eigenvalue weighted by Crippen LogP contribution is 2.67. The maximum atomic E-state index is 13.6. The van der Waals surface area contributed by atoms with Gasteiger partial charge in [0.25, 0.3) is 0 Å². The van der Waals surface area contributed by atoms with E-state index >= 15 is 0 Å². The molecule has 0 heterocycles. The molecule has 0 N–H and O–H groups in total. The largest absolute Gasteiger partial charge is 0.299 e. The van der Waals surface area contributed by atoms with Gasteiger partial charge in [0.15, 0.2) is 0 Å². The molecule has 0 aromatic heterocycles. The zero-order valence-corrected chi connectivity index (χ0v) is 21.0. The van der Waals surface area contributed by atoms with E-state index in [0.29, 0.717) is 34.9 Å². The molecule has 4 aliphatic rings. The second kappa shape index (κ2) is 8.55. The highest BCUT2D eigenvalue weighted by molar-refractivity contribution is 5.85. The lowest BCUT2D eigenvalue weighted by Gasteiger charge is -2.60. The Morgan fingerprint density at radius 1 is 0.933 bits per heavy atom. The molecule has 0 aromatic rings. The zero-order chi connectivity index (χ0) is 21.7. The summed E-state index contributed by atoms with van der Waals surface area (Å²) in [6, 6.07) is 0. The Kier molecular flexibility index (Phi) is 6.51. The molecule has 0 aromatic carbocycles. The van der Waals surface area contributed by atoms with E-state index in [-0.39, 0.29) is 5.41 Å². The average molecular weight is 415 g/mol. The Balaban J connectivity index is 1.50. The minimum absolute atomic E-state index is 0.287. The van der Waals surface area contributed by atoms with Crippen LogP contribution in [0.2, 0.25) is 0 Å². The van der Waals surface area contributed by atoms with Crippen LogP contribution in [0.15, 0.2) is 0 Å². The minimum atomic E-state index is 0.287. The van der Waals surface area contributed by atoms with Gasteiger partial charge in [0, 0.05) is 12.3 Å². The summed E-state index contributed by atoms with van der Waals surface area (Å²) in [4.78, 5) is 13.6. The van der Waals surface area contributed by atoms with Gasteiger partial charge in [0.05, 0.1) is 0 Å². The SMILES string of the molecule is CC[C@H](CC[C@@H](C)[C@H]1CC(=O)[C@@H]2[C@@H]3CCC4CCCC[C@]4(C)[C@H]3CC[C@]12C)C(C)C. The highest BCUT2D eigenvalue weighted by atomic mass is 16.1. The van der Waals surface area contributed by atoms with Gasteiger partial charge in [-0.25, -0.2) is 0 Å². The predicted octanol–water partition coefficient (Wildman–Crippen LogP) is 8.31. The third kappa shape index (κ3) is 3.63. The van der Waals surface area contributed by atoms with Crippen LogP contribution < -0.4 is 0 Å². The summed E-state index contributed by atoms with van der Waals surface area (Å²) >= 11 is 0. The van der Waals surface area contributed by atoms with Gasteiger partial charge in [-0.15, -0.1) is 0 Å². The molecule has 0 radical (unpaired) electrons. The smallest absolute Gasteiger partial charge is 0.137 e. The van der Waals surface area contributed by atoms with Crippen LogP contribution in [0.25, 0.3) is 0 Å². The summed E-state index contributed by atoms with van der Waals surface area (Å²) in [5.41, 5.74) is 0.827. The topological polar surface area (TPSA) is 17.1 Å². The number of ketones is 1. The molecular weight excluding hydrogens is 364 g/mol. The molecule has 4 saturated carbocycles. The van der Waals surface area contributed by atoms with Crippen LogP contribution >= 0.6 is 0 Å². The second-order valence-corrected chi connectivity index (χ2v) is 13.1. The summed E-state index contributed by atoms with van der Waals surface area (Å²) in [6.45, 7) is 14.8. The molecule has 30 heavy (non-hydrogen) atoms. The molecule has 0 saturated heterocycles. The first kappa shape index (κ1) is 22.8. The maximum Gasteiger partial charge on any atom is 0.137 e. The Morgan fingerprint density at radius 2 is 1.70 bits per heavy atom. The normalized spacial score (nSPS) is 45.6. The van der Waals surface area contributed by atoms with Gasteiger partial charge >= 0.3 is 0 Å². The summed E-state index contributed by atoms with van der Waals surface area (Å²) < 4.78 is 0. The van der Waals surface area contributed by atoms with Crippen molar-refractivity contribution in [2.75, 3.05) is 0 Å². The first-order valence-corrected chi connectivity index (χ1v) is 13.7. The third-order valence-corrected chi connectivity index (χ3v) is 11.6. The molecule has 4 aliphatic carbocycles. The van der Waals surface area contributed by atoms with E-state index in [1.807, 2.05) is 0 Å². The number of fused-ring (bicyclic) bond motifs is 5. The van der Waals surface area contributed by atoms with E-state index in [1.165, 1.54) is 70.6 Å². The number of carbonyl (C=O) groups excluding carboxylic acids is 1. The van der Waals surface area contributed by atoms with Crippen LogP contribution in [0.5, 0.6) is 0 Å². The maximum absolute atomic E-state index is 13.6. The van der Waals surface area contributed by atoms with Crippen LogP contribution in [-0.4, -0.2) is 5.78 Å². The van der Waals surface area contributed by atoms with Crippen molar-refractivity contribution in [2.45, 2.75) is 119 Å². The Bertz CT molecular complexity index is 622. The van der Waals surface area contributed by atoms with Crippen LogP contribution in [-0.2, 0) is 4.79 Å². The lowest BCUT2D eigenvalue weighted by Crippen LogP contribution is -2.54. The number of hydrogen-bond donors (Lipinski definition) is 0. The molecule has 1 heteroatoms. The fraction of sp³-hybridized carbons (Fsp3) is 0.966. The van der Waals surface area contributed by atoms with E-state index < -0.39 is 0 Å². The molecule has 1 nitrogen and oxygen atoms in total. The van der Waals surface area contributed by atoms with E-state index in [0.717, 1.165) is 30.1 Å². The summed E-state index contributed by atoms with van der Waals surface area (Å²) in [6.07, 6.45) is 16.1. The summed E-state index contributed by atoms with van der Waals surface area (Å²) in [7, 11) is 0. The lowest BCUT2D eigenvalue weighted by molar-refractivity contribution is -0.141. The van der Waals surface area contributed by atoms with Gasteiger partial charge in [-0.05, 0) is 97.2 Å². The van der Waals surface area contributed by atoms with Gasteiger partial charge in [-0.3, -0.25) is 4.79 Å². The van der Waals surface area contributed by atoms with Crippen molar-refractivity contribution in [1.29, 1.82) is 0 Å². The second-order valence-electron chi connectivity index (χ2n) is 13.1. The van der Waals surface area contributed by atoms with Crippen molar-refractivity contribution in [2.24, 2.45) is 58.2 Å². The van der Waals surface area contributed by atoms with Gasteiger partial charge in [-0.1, -0.05) is 67.2 Å². The van der Waals surface area contributed by atoms with Gasteiger partial charge in [0.2, 0.25) is 0 Å². The van der Waals surface area contributed by atoms with E-state index in [4.69, 9.17) is 0 Å².